The monoisotopic (exact) mass is 301 g/mol. The highest BCUT2D eigenvalue weighted by Crippen LogP contribution is 2.28. The maximum atomic E-state index is 5.93. The van der Waals surface area contributed by atoms with Gasteiger partial charge in [-0.25, -0.2) is 4.98 Å². The molecule has 0 spiro atoms. The third-order valence-electron chi connectivity index (χ3n) is 2.43. The first-order valence-corrected chi connectivity index (χ1v) is 7.44. The normalized spacial score (nSPS) is 12.4. The van der Waals surface area contributed by atoms with Crippen molar-refractivity contribution in [1.29, 1.82) is 0 Å². The van der Waals surface area contributed by atoms with E-state index in [1.54, 1.807) is 17.4 Å². The zero-order valence-electron chi connectivity index (χ0n) is 9.90. The molecule has 1 heterocycles. The van der Waals surface area contributed by atoms with E-state index >= 15 is 0 Å². The maximum absolute atomic E-state index is 5.93. The number of hydrogen-bond donors (Lipinski definition) is 0. The summed E-state index contributed by atoms with van der Waals surface area (Å²) in [6.07, 6.45) is 0.798. The fourth-order valence-electron chi connectivity index (χ4n) is 1.54. The Balaban J connectivity index is 2.14. The summed E-state index contributed by atoms with van der Waals surface area (Å²) in [4.78, 5) is 4.45. The second-order valence-corrected chi connectivity index (χ2v) is 5.38. The molecule has 0 aliphatic carbocycles. The summed E-state index contributed by atoms with van der Waals surface area (Å²) in [5.41, 5.74) is 0.893. The number of alkyl halides is 1. The molecule has 0 fully saturated rings. The van der Waals surface area contributed by atoms with Gasteiger partial charge in [-0.1, -0.05) is 24.6 Å². The van der Waals surface area contributed by atoms with Crippen molar-refractivity contribution in [2.24, 2.45) is 0 Å². The fraction of sp³-hybridized carbons (Fsp3) is 0.308. The third kappa shape index (κ3) is 3.37. The number of thiazole rings is 1. The third-order valence-corrected chi connectivity index (χ3v) is 3.92. The number of ether oxygens (including phenoxy) is 1. The van der Waals surface area contributed by atoms with E-state index in [1.165, 1.54) is 0 Å². The van der Waals surface area contributed by atoms with E-state index < -0.39 is 0 Å². The van der Waals surface area contributed by atoms with Crippen molar-refractivity contribution >= 4 is 34.5 Å². The number of nitrogens with zero attached hydrogens (tertiary/aromatic N) is 1. The zero-order valence-corrected chi connectivity index (χ0v) is 12.2. The molecule has 0 saturated heterocycles. The smallest absolute Gasteiger partial charge is 0.150 e. The van der Waals surface area contributed by atoms with Gasteiger partial charge in [0.25, 0.3) is 0 Å². The van der Waals surface area contributed by atoms with Crippen molar-refractivity contribution in [2.45, 2.75) is 25.3 Å². The van der Waals surface area contributed by atoms with E-state index in [-0.39, 0.29) is 6.10 Å². The van der Waals surface area contributed by atoms with Gasteiger partial charge in [-0.2, -0.15) is 0 Å². The molecule has 0 amide bonds. The number of benzene rings is 1. The number of halogens is 2. The van der Waals surface area contributed by atoms with Gasteiger partial charge >= 0.3 is 0 Å². The molecule has 1 atom stereocenters. The molecule has 5 heteroatoms. The minimum atomic E-state index is -0.0505. The molecule has 0 radical (unpaired) electrons. The van der Waals surface area contributed by atoms with Gasteiger partial charge in [0, 0.05) is 10.4 Å². The Morgan fingerprint density at radius 3 is 2.89 bits per heavy atom. The summed E-state index contributed by atoms with van der Waals surface area (Å²) in [7, 11) is 0. The summed E-state index contributed by atoms with van der Waals surface area (Å²) >= 11 is 13.3. The summed E-state index contributed by atoms with van der Waals surface area (Å²) in [6.45, 7) is 2.07. The lowest BCUT2D eigenvalue weighted by Gasteiger charge is -2.15. The minimum Gasteiger partial charge on any atom is -0.483 e. The molecule has 2 aromatic rings. The van der Waals surface area contributed by atoms with E-state index in [0.29, 0.717) is 10.9 Å². The molecule has 0 aliphatic heterocycles. The summed E-state index contributed by atoms with van der Waals surface area (Å²) in [5.74, 6) is 1.20. The average molecular weight is 302 g/mol. The summed E-state index contributed by atoms with van der Waals surface area (Å²) < 4.78 is 5.91. The van der Waals surface area contributed by atoms with Gasteiger partial charge in [0.2, 0.25) is 0 Å². The van der Waals surface area contributed by atoms with Crippen LogP contribution in [0.5, 0.6) is 5.75 Å². The molecule has 18 heavy (non-hydrogen) atoms. The first kappa shape index (κ1) is 13.7. The summed E-state index contributed by atoms with van der Waals surface area (Å²) in [5, 5.41) is 3.59. The Labute approximate surface area is 121 Å². The molecule has 1 aromatic heterocycles. The van der Waals surface area contributed by atoms with Crippen LogP contribution in [0.25, 0.3) is 0 Å². The topological polar surface area (TPSA) is 22.1 Å². The van der Waals surface area contributed by atoms with Crippen molar-refractivity contribution in [3.8, 4) is 5.75 Å². The molecule has 0 aliphatic rings. The van der Waals surface area contributed by atoms with Gasteiger partial charge in [0.05, 0.1) is 11.6 Å². The van der Waals surface area contributed by atoms with Crippen LogP contribution in [0.1, 0.15) is 30.2 Å². The lowest BCUT2D eigenvalue weighted by Crippen LogP contribution is -2.06. The number of aromatic nitrogens is 1. The maximum Gasteiger partial charge on any atom is 0.150 e. The van der Waals surface area contributed by atoms with Crippen LogP contribution < -0.4 is 4.74 Å². The van der Waals surface area contributed by atoms with Crippen molar-refractivity contribution in [3.63, 3.8) is 0 Å². The highest BCUT2D eigenvalue weighted by atomic mass is 35.5. The van der Waals surface area contributed by atoms with E-state index in [4.69, 9.17) is 27.9 Å². The van der Waals surface area contributed by atoms with Gasteiger partial charge in [-0.3, -0.25) is 0 Å². The molecule has 96 valence electrons. The van der Waals surface area contributed by atoms with Gasteiger partial charge in [0.15, 0.2) is 0 Å². The largest absolute Gasteiger partial charge is 0.483 e. The van der Waals surface area contributed by atoms with Gasteiger partial charge in [-0.05, 0) is 24.6 Å². The van der Waals surface area contributed by atoms with E-state index in [1.807, 2.05) is 23.6 Å². The van der Waals surface area contributed by atoms with Gasteiger partial charge in [0.1, 0.15) is 16.9 Å². The van der Waals surface area contributed by atoms with Crippen LogP contribution in [0.3, 0.4) is 0 Å². The Morgan fingerprint density at radius 2 is 2.28 bits per heavy atom. The average Bonchev–Trinajstić information content (AvgIpc) is 2.84. The van der Waals surface area contributed by atoms with Crippen molar-refractivity contribution < 1.29 is 4.74 Å². The van der Waals surface area contributed by atoms with Crippen LogP contribution in [0, 0.1) is 0 Å². The second kappa shape index (κ2) is 6.41. The predicted molar refractivity (Wildman–Crippen MR) is 76.8 cm³/mol. The quantitative estimate of drug-likeness (QED) is 0.720. The molecule has 0 N–H and O–H groups in total. The molecule has 2 nitrogen and oxygen atoms in total. The van der Waals surface area contributed by atoms with Crippen LogP contribution >= 0.6 is 34.5 Å². The standard InChI is InChI=1S/C13H13Cl2NOS/c1-2-12(13-16-10(7-14)8-18-13)17-11-5-3-4-9(15)6-11/h3-6,8,12H,2,7H2,1H3. The first-order valence-electron chi connectivity index (χ1n) is 5.65. The number of rotatable bonds is 5. The van der Waals surface area contributed by atoms with Crippen molar-refractivity contribution in [3.05, 3.63) is 45.4 Å². The molecular formula is C13H13Cl2NOS. The van der Waals surface area contributed by atoms with Crippen LogP contribution in [0.15, 0.2) is 29.6 Å². The van der Waals surface area contributed by atoms with Crippen LogP contribution in [-0.4, -0.2) is 4.98 Å². The highest BCUT2D eigenvalue weighted by Gasteiger charge is 2.15. The SMILES string of the molecule is CCC(Oc1cccc(Cl)c1)c1nc(CCl)cs1. The Hall–Kier alpha value is -0.770. The van der Waals surface area contributed by atoms with Crippen LogP contribution in [0.2, 0.25) is 5.02 Å². The molecule has 0 saturated carbocycles. The molecule has 0 bridgehead atoms. The molecule has 1 aromatic carbocycles. The van der Waals surface area contributed by atoms with Crippen molar-refractivity contribution in [1.82, 2.24) is 4.98 Å². The van der Waals surface area contributed by atoms with Crippen LogP contribution in [0.4, 0.5) is 0 Å². The second-order valence-electron chi connectivity index (χ2n) is 3.78. The fourth-order valence-corrected chi connectivity index (χ4v) is 2.88. The minimum absolute atomic E-state index is 0.0505. The van der Waals surface area contributed by atoms with Gasteiger partial charge < -0.3 is 4.74 Å². The Morgan fingerprint density at radius 1 is 1.44 bits per heavy atom. The van der Waals surface area contributed by atoms with Crippen LogP contribution in [-0.2, 0) is 5.88 Å². The van der Waals surface area contributed by atoms with E-state index in [0.717, 1.165) is 22.9 Å². The predicted octanol–water partition coefficient (Wildman–Crippen LogP) is 5.07. The molecule has 1 unspecified atom stereocenters. The summed E-state index contributed by atoms with van der Waals surface area (Å²) in [6, 6.07) is 7.39. The molecule has 2 rings (SSSR count). The van der Waals surface area contributed by atoms with E-state index in [9.17, 15) is 0 Å². The lowest BCUT2D eigenvalue weighted by molar-refractivity contribution is 0.200. The lowest BCUT2D eigenvalue weighted by atomic mass is 10.3. The number of hydrogen-bond acceptors (Lipinski definition) is 3. The van der Waals surface area contributed by atoms with Gasteiger partial charge in [-0.15, -0.1) is 22.9 Å². The Bertz CT molecular complexity index is 515. The zero-order chi connectivity index (χ0) is 13.0. The van der Waals surface area contributed by atoms with E-state index in [2.05, 4.69) is 11.9 Å². The first-order chi connectivity index (χ1) is 8.72. The molecular weight excluding hydrogens is 289 g/mol. The van der Waals surface area contributed by atoms with Crippen molar-refractivity contribution in [2.75, 3.05) is 0 Å². The highest BCUT2D eigenvalue weighted by molar-refractivity contribution is 7.09. The Kier molecular flexibility index (Phi) is 4.87.